The Kier molecular flexibility index (Phi) is 7.22. The molecule has 0 aromatic carbocycles. The molecule has 0 amide bonds. The Balaban J connectivity index is 1.19. The lowest BCUT2D eigenvalue weighted by molar-refractivity contribution is -0.168. The molecule has 6 heterocycles. The molecule has 2 saturated heterocycles. The summed E-state index contributed by atoms with van der Waals surface area (Å²) in [4.78, 5) is 41.2. The minimum absolute atomic E-state index is 0.0335. The summed E-state index contributed by atoms with van der Waals surface area (Å²) in [6.07, 6.45) is -9.02. The summed E-state index contributed by atoms with van der Waals surface area (Å²) in [6, 6.07) is 1.39. The lowest BCUT2D eigenvalue weighted by Gasteiger charge is -2.25. The van der Waals surface area contributed by atoms with Crippen LogP contribution in [0.25, 0.3) is 22.2 Å². The van der Waals surface area contributed by atoms with E-state index in [0.717, 1.165) is 0 Å². The van der Waals surface area contributed by atoms with Gasteiger partial charge in [-0.25, -0.2) is 15.0 Å². The number of ether oxygens (including phenoxy) is 3. The van der Waals surface area contributed by atoms with E-state index in [1.165, 1.54) is 34.1 Å². The number of anilines is 2. The van der Waals surface area contributed by atoms with Gasteiger partial charge in [0.25, 0.3) is 5.56 Å². The predicted octanol–water partition coefficient (Wildman–Crippen LogP) is -2.90. The molecule has 9 atom stereocenters. The van der Waals surface area contributed by atoms with Gasteiger partial charge in [0, 0.05) is 6.20 Å². The molecule has 20 nitrogen and oxygen atoms in total. The second kappa shape index (κ2) is 10.6. The van der Waals surface area contributed by atoms with Crippen molar-refractivity contribution in [2.45, 2.75) is 49.3 Å². The maximum Gasteiger partial charge on any atom is 0.354 e. The van der Waals surface area contributed by atoms with E-state index in [2.05, 4.69) is 24.9 Å². The van der Waals surface area contributed by atoms with E-state index in [1.54, 1.807) is 0 Å². The molecule has 4 aromatic heterocycles. The number of nitrogen functional groups attached to an aromatic ring is 2. The number of imidazole rings is 1. The molecule has 0 radical (unpaired) electrons. The largest absolute Gasteiger partial charge is 0.394 e. The topological polar surface area (TPSA) is 301 Å². The zero-order valence-electron chi connectivity index (χ0n) is 21.3. The third-order valence-electron chi connectivity index (χ3n) is 6.91. The van der Waals surface area contributed by atoms with Gasteiger partial charge in [0.15, 0.2) is 42.2 Å². The van der Waals surface area contributed by atoms with Gasteiger partial charge in [-0.15, -0.1) is 0 Å². The molecule has 0 spiro atoms. The van der Waals surface area contributed by atoms with E-state index in [0.29, 0.717) is 0 Å². The van der Waals surface area contributed by atoms with Crippen molar-refractivity contribution in [2.75, 3.05) is 24.4 Å². The second-order valence-electron chi connectivity index (χ2n) is 9.61. The number of fused-ring (bicyclic) bond motifs is 2. The average molecular weight is 611 g/mol. The highest BCUT2D eigenvalue weighted by Gasteiger charge is 2.50. The van der Waals surface area contributed by atoms with Gasteiger partial charge in [0.2, 0.25) is 5.95 Å². The zero-order chi connectivity index (χ0) is 29.9. The van der Waals surface area contributed by atoms with E-state index in [1.807, 2.05) is 0 Å². The number of aliphatic hydroxyl groups excluding tert-OH is 4. The first kappa shape index (κ1) is 28.6. The summed E-state index contributed by atoms with van der Waals surface area (Å²) in [5, 5.41) is 41.6. The molecule has 6 rings (SSSR count). The monoisotopic (exact) mass is 611 g/mol. The number of hydrogen-bond donors (Lipinski definition) is 8. The SMILES string of the molecule is Nc1nc2c(ccn2[C@@H]2O[C@H](CO)C(O)C2OP(=O)(O)CO[C@H]2O[C@@H](n3cnc4c(N)ncnc43)C(O)C2O)c(=O)[nH]1. The molecule has 0 aliphatic carbocycles. The molecule has 21 heteroatoms. The standard InChI is InChI=1S/C21H26N9O11P/c22-14-9-16(25-4-24-14)30(5-26-9)18-11(33)12(34)20(40-18)38-6-42(36,37)41-13-10(32)8(3-31)39-19(13)29-2-1-7-15(29)27-21(23)28-17(7)35/h1-2,4-5,8,10-13,18-20,31-34H,3,6H2,(H,36,37)(H2,22,24,25)(H3,23,27,28,35)/t8-,10?,11?,12?,13?,18-,19-,20+/m1/s1. The Morgan fingerprint density at radius 2 is 1.83 bits per heavy atom. The lowest BCUT2D eigenvalue weighted by atomic mass is 10.1. The Bertz CT molecular complexity index is 1730. The molecule has 226 valence electrons. The maximum absolute atomic E-state index is 13.1. The Morgan fingerprint density at radius 3 is 2.60 bits per heavy atom. The van der Waals surface area contributed by atoms with Crippen LogP contribution in [0.15, 0.2) is 29.7 Å². The van der Waals surface area contributed by atoms with E-state index < -0.39 is 75.4 Å². The smallest absolute Gasteiger partial charge is 0.354 e. The Morgan fingerprint density at radius 1 is 1.05 bits per heavy atom. The van der Waals surface area contributed by atoms with Crippen molar-refractivity contribution in [1.82, 2.24) is 34.1 Å². The second-order valence-corrected chi connectivity index (χ2v) is 11.4. The number of aliphatic hydroxyl groups is 4. The number of nitrogens with two attached hydrogens (primary N) is 2. The molecule has 42 heavy (non-hydrogen) atoms. The van der Waals surface area contributed by atoms with Crippen LogP contribution >= 0.6 is 7.60 Å². The Hall–Kier alpha value is -3.56. The van der Waals surface area contributed by atoms with Gasteiger partial charge in [-0.3, -0.25) is 23.4 Å². The van der Waals surface area contributed by atoms with Crippen LogP contribution in [0.4, 0.5) is 11.8 Å². The van der Waals surface area contributed by atoms with Crippen LogP contribution in [0.5, 0.6) is 0 Å². The minimum Gasteiger partial charge on any atom is -0.394 e. The third kappa shape index (κ3) is 4.82. The van der Waals surface area contributed by atoms with E-state index in [-0.39, 0.29) is 34.0 Å². The van der Waals surface area contributed by atoms with Crippen LogP contribution in [0.1, 0.15) is 12.5 Å². The summed E-state index contributed by atoms with van der Waals surface area (Å²) < 4.78 is 37.6. The third-order valence-corrected chi connectivity index (χ3v) is 7.96. The first-order valence-corrected chi connectivity index (χ1v) is 14.1. The van der Waals surface area contributed by atoms with Crippen molar-refractivity contribution >= 4 is 41.6 Å². The van der Waals surface area contributed by atoms with E-state index >= 15 is 0 Å². The molecule has 2 fully saturated rings. The zero-order valence-corrected chi connectivity index (χ0v) is 22.2. The lowest BCUT2D eigenvalue weighted by Crippen LogP contribution is -2.36. The number of hydrogen-bond acceptors (Lipinski definition) is 16. The van der Waals surface area contributed by atoms with E-state index in [4.69, 9.17) is 30.2 Å². The van der Waals surface area contributed by atoms with Gasteiger partial charge in [-0.05, 0) is 6.07 Å². The van der Waals surface area contributed by atoms with Crippen LogP contribution in [0, 0.1) is 0 Å². The fourth-order valence-electron chi connectivity index (χ4n) is 4.91. The summed E-state index contributed by atoms with van der Waals surface area (Å²) in [6.45, 7) is -0.667. The number of aromatic nitrogens is 7. The first-order chi connectivity index (χ1) is 20.0. The van der Waals surface area contributed by atoms with Crippen LogP contribution in [-0.4, -0.2) is 109 Å². The molecule has 0 bridgehead atoms. The van der Waals surface area contributed by atoms with E-state index in [9.17, 15) is 34.7 Å². The molecule has 2 aliphatic heterocycles. The quantitative estimate of drug-likeness (QED) is 0.0926. The maximum atomic E-state index is 13.1. The number of rotatable bonds is 8. The summed E-state index contributed by atoms with van der Waals surface area (Å²) >= 11 is 0. The number of aromatic amines is 1. The van der Waals surface area contributed by atoms with Crippen LogP contribution < -0.4 is 17.0 Å². The average Bonchev–Trinajstić information content (AvgIpc) is 3.69. The number of nitrogens with one attached hydrogen (secondary N) is 1. The molecule has 4 aromatic rings. The highest BCUT2D eigenvalue weighted by Crippen LogP contribution is 2.49. The molecule has 5 unspecified atom stereocenters. The summed E-state index contributed by atoms with van der Waals surface area (Å²) in [7, 11) is -4.76. The van der Waals surface area contributed by atoms with Crippen molar-refractivity contribution in [3.8, 4) is 0 Å². The van der Waals surface area contributed by atoms with Crippen molar-refractivity contribution in [3.63, 3.8) is 0 Å². The fraction of sp³-hybridized carbons (Fsp3) is 0.476. The molecule has 2 aliphatic rings. The number of H-pyrrole nitrogens is 1. The van der Waals surface area contributed by atoms with Crippen molar-refractivity contribution in [3.05, 3.63) is 35.3 Å². The molecule has 0 saturated carbocycles. The normalized spacial score (nSPS) is 31.3. The highest BCUT2D eigenvalue weighted by molar-refractivity contribution is 7.52. The van der Waals surface area contributed by atoms with Crippen molar-refractivity contribution < 1.29 is 48.6 Å². The Labute approximate surface area is 233 Å². The van der Waals surface area contributed by atoms with Gasteiger partial charge in [-0.1, -0.05) is 0 Å². The van der Waals surface area contributed by atoms with Crippen molar-refractivity contribution in [2.24, 2.45) is 0 Å². The minimum atomic E-state index is -4.76. The van der Waals surface area contributed by atoms with Crippen LogP contribution in [0.2, 0.25) is 0 Å². The predicted molar refractivity (Wildman–Crippen MR) is 138 cm³/mol. The summed E-state index contributed by atoms with van der Waals surface area (Å²) in [5.74, 6) is -0.129. The van der Waals surface area contributed by atoms with Crippen LogP contribution in [0.3, 0.4) is 0 Å². The van der Waals surface area contributed by atoms with Gasteiger partial charge in [0.1, 0.15) is 42.4 Å². The van der Waals surface area contributed by atoms with Gasteiger partial charge >= 0.3 is 7.60 Å². The van der Waals surface area contributed by atoms with Gasteiger partial charge in [0.05, 0.1) is 18.3 Å². The van der Waals surface area contributed by atoms with Crippen molar-refractivity contribution in [1.29, 1.82) is 0 Å². The van der Waals surface area contributed by atoms with Gasteiger partial charge < -0.3 is 55.6 Å². The first-order valence-electron chi connectivity index (χ1n) is 12.4. The molecular formula is C21H26N9O11P. The number of nitrogens with zero attached hydrogens (tertiary/aromatic N) is 6. The van der Waals surface area contributed by atoms with Crippen LogP contribution in [-0.2, 0) is 23.3 Å². The summed E-state index contributed by atoms with van der Waals surface area (Å²) in [5.41, 5.74) is 11.3. The van der Waals surface area contributed by atoms with Gasteiger partial charge in [-0.2, -0.15) is 4.98 Å². The highest BCUT2D eigenvalue weighted by atomic mass is 31.2. The fourth-order valence-corrected chi connectivity index (χ4v) is 5.92. The molecular weight excluding hydrogens is 585 g/mol. The molecule has 10 N–H and O–H groups in total.